The van der Waals surface area contributed by atoms with Crippen molar-refractivity contribution in [1.29, 1.82) is 0 Å². The maximum Gasteiger partial charge on any atom is 0.326 e. The number of hydrogen-bond donors (Lipinski definition) is 3. The Morgan fingerprint density at radius 1 is 0.952 bits per heavy atom. The molecule has 0 aromatic heterocycles. The minimum Gasteiger partial charge on any atom is -0.481 e. The van der Waals surface area contributed by atoms with Crippen LogP contribution in [0.25, 0.3) is 5.57 Å². The van der Waals surface area contributed by atoms with Gasteiger partial charge in [-0.15, -0.1) is 0 Å². The van der Waals surface area contributed by atoms with Gasteiger partial charge in [-0.1, -0.05) is 48.6 Å². The van der Waals surface area contributed by atoms with Crippen LogP contribution in [0, 0.1) is 11.3 Å². The van der Waals surface area contributed by atoms with Gasteiger partial charge < -0.3 is 15.3 Å². The minimum absolute atomic E-state index is 0.0574. The van der Waals surface area contributed by atoms with E-state index in [0.717, 1.165) is 6.08 Å². The molecule has 3 N–H and O–H groups in total. The fraction of sp³-hybridized carbons (Fsp3) is 0.133. The first-order valence-corrected chi connectivity index (χ1v) is 6.06. The maximum absolute atomic E-state index is 11.7. The van der Waals surface area contributed by atoms with E-state index in [-0.39, 0.29) is 5.57 Å². The zero-order valence-corrected chi connectivity index (χ0v) is 10.8. The third-order valence-corrected chi connectivity index (χ3v) is 3.48. The van der Waals surface area contributed by atoms with Gasteiger partial charge in [0.15, 0.2) is 0 Å². The van der Waals surface area contributed by atoms with Crippen molar-refractivity contribution in [1.82, 2.24) is 0 Å². The van der Waals surface area contributed by atoms with Crippen molar-refractivity contribution in [3.05, 3.63) is 54.1 Å². The van der Waals surface area contributed by atoms with E-state index >= 15 is 0 Å². The lowest BCUT2D eigenvalue weighted by Gasteiger charge is -2.33. The van der Waals surface area contributed by atoms with Crippen molar-refractivity contribution in [2.45, 2.75) is 0 Å². The summed E-state index contributed by atoms with van der Waals surface area (Å²) in [5, 5.41) is 28.2. The molecule has 6 nitrogen and oxygen atoms in total. The molecule has 2 rings (SSSR count). The Morgan fingerprint density at radius 3 is 2.00 bits per heavy atom. The molecule has 0 bridgehead atoms. The van der Waals surface area contributed by atoms with Crippen LogP contribution < -0.4 is 0 Å². The Balaban J connectivity index is 2.75. The monoisotopic (exact) mass is 288 g/mol. The standard InChI is InChI=1S/C15H12O6/c16-12(17)11-8-4-7-10(9-5-2-1-3-6-9)15(11,13(18)19)14(20)21/h1-8,11H,(H,16,17)(H,18,19)(H,20,21). The molecule has 21 heavy (non-hydrogen) atoms. The first-order valence-electron chi connectivity index (χ1n) is 6.06. The zero-order chi connectivity index (χ0) is 15.6. The summed E-state index contributed by atoms with van der Waals surface area (Å²) in [5.74, 6) is -6.60. The summed E-state index contributed by atoms with van der Waals surface area (Å²) in [6, 6.07) is 8.03. The van der Waals surface area contributed by atoms with E-state index < -0.39 is 29.2 Å². The maximum atomic E-state index is 11.7. The van der Waals surface area contributed by atoms with Gasteiger partial charge in [-0.25, -0.2) is 0 Å². The molecule has 0 saturated heterocycles. The van der Waals surface area contributed by atoms with Crippen LogP contribution in [-0.4, -0.2) is 33.2 Å². The van der Waals surface area contributed by atoms with E-state index in [1.54, 1.807) is 30.3 Å². The molecule has 1 aromatic carbocycles. The lowest BCUT2D eigenvalue weighted by Crippen LogP contribution is -2.49. The predicted octanol–water partition coefficient (Wildman–Crippen LogP) is 1.50. The van der Waals surface area contributed by atoms with E-state index in [0.29, 0.717) is 5.56 Å². The SMILES string of the molecule is O=C(O)C1C=CC=C(c2ccccc2)C1(C(=O)O)C(=O)O. The molecular formula is C15H12O6. The van der Waals surface area contributed by atoms with Gasteiger partial charge in [0, 0.05) is 0 Å². The van der Waals surface area contributed by atoms with Crippen LogP contribution >= 0.6 is 0 Å². The normalized spacial score (nSPS) is 19.6. The summed E-state index contributed by atoms with van der Waals surface area (Å²) < 4.78 is 0. The van der Waals surface area contributed by atoms with E-state index in [4.69, 9.17) is 0 Å². The van der Waals surface area contributed by atoms with Crippen molar-refractivity contribution >= 4 is 23.5 Å². The topological polar surface area (TPSA) is 112 Å². The van der Waals surface area contributed by atoms with Crippen molar-refractivity contribution in [2.75, 3.05) is 0 Å². The number of hydrogen-bond acceptors (Lipinski definition) is 3. The van der Waals surface area contributed by atoms with Gasteiger partial charge in [-0.05, 0) is 11.1 Å². The second kappa shape index (κ2) is 5.24. The molecule has 0 amide bonds. The van der Waals surface area contributed by atoms with E-state index in [1.807, 2.05) is 0 Å². The second-order valence-electron chi connectivity index (χ2n) is 4.57. The molecule has 0 saturated carbocycles. The molecule has 108 valence electrons. The number of carboxylic acid groups (broad SMARTS) is 3. The fourth-order valence-corrected chi connectivity index (χ4v) is 2.50. The lowest BCUT2D eigenvalue weighted by atomic mass is 9.65. The molecule has 1 atom stereocenters. The van der Waals surface area contributed by atoms with Crippen LogP contribution in [0.2, 0.25) is 0 Å². The van der Waals surface area contributed by atoms with Crippen LogP contribution in [0.3, 0.4) is 0 Å². The van der Waals surface area contributed by atoms with Crippen LogP contribution in [0.1, 0.15) is 5.56 Å². The van der Waals surface area contributed by atoms with Gasteiger partial charge in [-0.3, -0.25) is 14.4 Å². The molecule has 1 aliphatic carbocycles. The molecule has 1 aliphatic rings. The summed E-state index contributed by atoms with van der Waals surface area (Å²) in [4.78, 5) is 34.7. The van der Waals surface area contributed by atoms with E-state index in [1.165, 1.54) is 12.2 Å². The van der Waals surface area contributed by atoms with Crippen LogP contribution in [0.15, 0.2) is 48.6 Å². The highest BCUT2D eigenvalue weighted by Crippen LogP contribution is 2.45. The fourth-order valence-electron chi connectivity index (χ4n) is 2.50. The number of carbonyl (C=O) groups is 3. The Bertz CT molecular complexity index is 642. The second-order valence-corrected chi connectivity index (χ2v) is 4.57. The van der Waals surface area contributed by atoms with Crippen LogP contribution in [-0.2, 0) is 14.4 Å². The summed E-state index contributed by atoms with van der Waals surface area (Å²) in [6.45, 7) is 0. The summed E-state index contributed by atoms with van der Waals surface area (Å²) >= 11 is 0. The predicted molar refractivity (Wildman–Crippen MR) is 72.4 cm³/mol. The minimum atomic E-state index is -2.55. The molecule has 1 aromatic rings. The third-order valence-electron chi connectivity index (χ3n) is 3.48. The molecular weight excluding hydrogens is 276 g/mol. The van der Waals surface area contributed by atoms with Gasteiger partial charge in [-0.2, -0.15) is 0 Å². The van der Waals surface area contributed by atoms with Gasteiger partial charge in [0.2, 0.25) is 5.41 Å². The van der Waals surface area contributed by atoms with Crippen molar-refractivity contribution in [2.24, 2.45) is 11.3 Å². The average Bonchev–Trinajstić information content (AvgIpc) is 2.46. The summed E-state index contributed by atoms with van der Waals surface area (Å²) in [7, 11) is 0. The Kier molecular flexibility index (Phi) is 3.62. The molecule has 0 spiro atoms. The quantitative estimate of drug-likeness (QED) is 0.724. The molecule has 0 radical (unpaired) electrons. The highest BCUT2D eigenvalue weighted by atomic mass is 16.4. The highest BCUT2D eigenvalue weighted by molar-refractivity contribution is 6.15. The molecule has 6 heteroatoms. The number of aliphatic carboxylic acids is 3. The Labute approximate surface area is 119 Å². The number of rotatable bonds is 4. The number of carboxylic acids is 3. The van der Waals surface area contributed by atoms with Crippen molar-refractivity contribution in [3.63, 3.8) is 0 Å². The van der Waals surface area contributed by atoms with E-state index in [2.05, 4.69) is 0 Å². The van der Waals surface area contributed by atoms with E-state index in [9.17, 15) is 29.7 Å². The smallest absolute Gasteiger partial charge is 0.326 e. The van der Waals surface area contributed by atoms with Gasteiger partial charge >= 0.3 is 17.9 Å². The van der Waals surface area contributed by atoms with Gasteiger partial charge in [0.05, 0.1) is 0 Å². The lowest BCUT2D eigenvalue weighted by molar-refractivity contribution is -0.168. The van der Waals surface area contributed by atoms with Crippen LogP contribution in [0.5, 0.6) is 0 Å². The largest absolute Gasteiger partial charge is 0.481 e. The Morgan fingerprint density at radius 2 is 1.52 bits per heavy atom. The molecule has 1 unspecified atom stereocenters. The average molecular weight is 288 g/mol. The number of benzene rings is 1. The van der Waals surface area contributed by atoms with Crippen molar-refractivity contribution < 1.29 is 29.7 Å². The van der Waals surface area contributed by atoms with Crippen LogP contribution in [0.4, 0.5) is 0 Å². The van der Waals surface area contributed by atoms with Gasteiger partial charge in [0.25, 0.3) is 0 Å². The summed E-state index contributed by atoms with van der Waals surface area (Å²) in [6.07, 6.45) is 3.78. The molecule has 0 fully saturated rings. The highest BCUT2D eigenvalue weighted by Gasteiger charge is 2.59. The first kappa shape index (κ1) is 14.5. The summed E-state index contributed by atoms with van der Waals surface area (Å²) in [5.41, 5.74) is -2.25. The van der Waals surface area contributed by atoms with Gasteiger partial charge in [0.1, 0.15) is 5.92 Å². The zero-order valence-electron chi connectivity index (χ0n) is 10.8. The van der Waals surface area contributed by atoms with Crippen molar-refractivity contribution in [3.8, 4) is 0 Å². The Hall–Kier alpha value is -2.89. The molecule has 0 aliphatic heterocycles. The molecule has 0 heterocycles. The number of allylic oxidation sites excluding steroid dienone is 2. The third kappa shape index (κ3) is 2.10. The first-order chi connectivity index (χ1) is 9.92.